The van der Waals surface area contributed by atoms with Crippen LogP contribution in [0.4, 0.5) is 0 Å². The van der Waals surface area contributed by atoms with Crippen molar-refractivity contribution in [3.8, 4) is 0 Å². The first-order chi connectivity index (χ1) is 32.2. The van der Waals surface area contributed by atoms with Crippen LogP contribution in [0.15, 0.2) is 12.2 Å². The number of hydrogen-bond acceptors (Lipinski definition) is 2. The summed E-state index contributed by atoms with van der Waals surface area (Å²) in [4.78, 5) is 12.1. The Balaban J connectivity index is 3.15. The van der Waals surface area contributed by atoms with Crippen LogP contribution >= 0.6 is 0 Å². The SMILES string of the molecule is CCCCCCCCC=CCCCCCCCCCCCCCC(=O)OCCCCCCCCCCCCCCCCCCCCCCCCCCCCCCCCCCCCC(C)C. The minimum absolute atomic E-state index is 0.0319. The molecule has 0 rings (SSSR count). The molecule has 0 amide bonds. The molecule has 0 aliphatic carbocycles. The number of allylic oxidation sites excluding steroid dienone is 2. The molecule has 0 aliphatic rings. The fourth-order valence-electron chi connectivity index (χ4n) is 9.97. The molecule has 388 valence electrons. The molecule has 0 bridgehead atoms. The highest BCUT2D eigenvalue weighted by atomic mass is 16.5. The second-order valence-electron chi connectivity index (χ2n) is 21.9. The molecule has 0 atom stereocenters. The lowest BCUT2D eigenvalue weighted by atomic mass is 10.0. The predicted molar refractivity (Wildman–Crippen MR) is 295 cm³/mol. The first kappa shape index (κ1) is 64.2. The summed E-state index contributed by atoms with van der Waals surface area (Å²) >= 11 is 0. The van der Waals surface area contributed by atoms with Gasteiger partial charge in [-0.05, 0) is 44.4 Å². The summed E-state index contributed by atoms with van der Waals surface area (Å²) in [7, 11) is 0. The first-order valence-electron chi connectivity index (χ1n) is 31.0. The van der Waals surface area contributed by atoms with E-state index >= 15 is 0 Å². The monoisotopic (exact) mass is 913 g/mol. The van der Waals surface area contributed by atoms with Crippen LogP contribution in [0.25, 0.3) is 0 Å². The van der Waals surface area contributed by atoms with Gasteiger partial charge in [-0.2, -0.15) is 0 Å². The zero-order valence-corrected chi connectivity index (χ0v) is 45.6. The van der Waals surface area contributed by atoms with E-state index in [1.165, 1.54) is 334 Å². The molecule has 0 fully saturated rings. The largest absolute Gasteiger partial charge is 0.466 e. The fraction of sp³-hybridized carbons (Fsp3) is 0.952. The molecule has 0 spiro atoms. The number of esters is 1. The highest BCUT2D eigenvalue weighted by Gasteiger charge is 2.04. The molecule has 0 aromatic heterocycles. The molecule has 0 saturated heterocycles. The summed E-state index contributed by atoms with van der Waals surface area (Å²) in [6.45, 7) is 7.63. The second kappa shape index (κ2) is 59.3. The molecular weight excluding hydrogens is 789 g/mol. The lowest BCUT2D eigenvalue weighted by Crippen LogP contribution is -2.05. The molecule has 0 aromatic rings. The summed E-state index contributed by atoms with van der Waals surface area (Å²) in [6, 6.07) is 0. The van der Waals surface area contributed by atoms with Crippen LogP contribution in [-0.4, -0.2) is 12.6 Å². The maximum atomic E-state index is 12.1. The Morgan fingerprint density at radius 2 is 0.538 bits per heavy atom. The Hall–Kier alpha value is -0.790. The van der Waals surface area contributed by atoms with E-state index in [1.54, 1.807) is 0 Å². The van der Waals surface area contributed by atoms with E-state index in [9.17, 15) is 4.79 Å². The Morgan fingerprint density at radius 1 is 0.308 bits per heavy atom. The lowest BCUT2D eigenvalue weighted by molar-refractivity contribution is -0.143. The molecule has 0 N–H and O–H groups in total. The van der Waals surface area contributed by atoms with Crippen molar-refractivity contribution in [2.45, 2.75) is 374 Å². The molecule has 0 radical (unpaired) electrons. The average molecular weight is 914 g/mol. The molecule has 2 nitrogen and oxygen atoms in total. The quantitative estimate of drug-likeness (QED) is 0.0345. The van der Waals surface area contributed by atoms with E-state index in [0.717, 1.165) is 18.8 Å². The third kappa shape index (κ3) is 61.2. The molecule has 0 heterocycles. The van der Waals surface area contributed by atoms with Gasteiger partial charge in [-0.1, -0.05) is 341 Å². The van der Waals surface area contributed by atoms with Crippen molar-refractivity contribution in [2.24, 2.45) is 5.92 Å². The van der Waals surface area contributed by atoms with Gasteiger partial charge in [-0.3, -0.25) is 4.79 Å². The third-order valence-electron chi connectivity index (χ3n) is 14.6. The van der Waals surface area contributed by atoms with Crippen molar-refractivity contribution in [1.29, 1.82) is 0 Å². The van der Waals surface area contributed by atoms with Gasteiger partial charge in [0, 0.05) is 6.42 Å². The molecule has 0 aliphatic heterocycles. The molecule has 2 heteroatoms. The lowest BCUT2D eigenvalue weighted by Gasteiger charge is -2.06. The van der Waals surface area contributed by atoms with Gasteiger partial charge in [-0.15, -0.1) is 0 Å². The van der Waals surface area contributed by atoms with Crippen LogP contribution in [0, 0.1) is 5.92 Å². The van der Waals surface area contributed by atoms with Gasteiger partial charge >= 0.3 is 5.97 Å². The van der Waals surface area contributed by atoms with Crippen molar-refractivity contribution >= 4 is 5.97 Å². The first-order valence-corrected chi connectivity index (χ1v) is 31.0. The van der Waals surface area contributed by atoms with Gasteiger partial charge in [0.15, 0.2) is 0 Å². The number of unbranched alkanes of at least 4 members (excludes halogenated alkanes) is 50. The average Bonchev–Trinajstić information content (AvgIpc) is 3.30. The Morgan fingerprint density at radius 3 is 0.815 bits per heavy atom. The molecular formula is C63H124O2. The predicted octanol–water partition coefficient (Wildman–Crippen LogP) is 23.2. The standard InChI is InChI=1S/C63H124O2/c1-4-5-6-7-8-9-10-11-12-13-14-29-33-36-39-42-45-48-51-54-57-60-63(64)65-61-58-55-52-49-46-43-40-37-34-31-28-26-24-22-20-18-16-15-17-19-21-23-25-27-30-32-35-38-41-44-47-50-53-56-59-62(2)3/h11-12,62H,4-10,13-61H2,1-3H3. The normalized spacial score (nSPS) is 11.8. The van der Waals surface area contributed by atoms with Gasteiger partial charge < -0.3 is 4.74 Å². The zero-order chi connectivity index (χ0) is 46.9. The van der Waals surface area contributed by atoms with Crippen LogP contribution in [0.1, 0.15) is 374 Å². The highest BCUT2D eigenvalue weighted by Crippen LogP contribution is 2.19. The Bertz CT molecular complexity index is 876. The van der Waals surface area contributed by atoms with Crippen LogP contribution in [0.3, 0.4) is 0 Å². The van der Waals surface area contributed by atoms with Gasteiger partial charge in [0.25, 0.3) is 0 Å². The molecule has 0 saturated carbocycles. The summed E-state index contributed by atoms with van der Waals surface area (Å²) < 4.78 is 5.52. The van der Waals surface area contributed by atoms with Crippen LogP contribution in [0.5, 0.6) is 0 Å². The number of rotatable bonds is 58. The summed E-state index contributed by atoms with van der Waals surface area (Å²) in [6.07, 6.45) is 81.3. The van der Waals surface area contributed by atoms with E-state index in [1.807, 2.05) is 0 Å². The number of ether oxygens (including phenoxy) is 1. The maximum absolute atomic E-state index is 12.1. The van der Waals surface area contributed by atoms with Crippen molar-refractivity contribution in [3.63, 3.8) is 0 Å². The van der Waals surface area contributed by atoms with E-state index in [-0.39, 0.29) is 5.97 Å². The molecule has 65 heavy (non-hydrogen) atoms. The smallest absolute Gasteiger partial charge is 0.305 e. The van der Waals surface area contributed by atoms with Crippen LogP contribution < -0.4 is 0 Å². The van der Waals surface area contributed by atoms with Crippen LogP contribution in [0.2, 0.25) is 0 Å². The minimum Gasteiger partial charge on any atom is -0.466 e. The topological polar surface area (TPSA) is 26.3 Å². The fourth-order valence-corrected chi connectivity index (χ4v) is 9.97. The second-order valence-corrected chi connectivity index (χ2v) is 21.9. The molecule has 0 aromatic carbocycles. The third-order valence-corrected chi connectivity index (χ3v) is 14.6. The summed E-state index contributed by atoms with van der Waals surface area (Å²) in [5, 5.41) is 0. The number of carbonyl (C=O) groups excluding carboxylic acids is 1. The van der Waals surface area contributed by atoms with Crippen molar-refractivity contribution in [1.82, 2.24) is 0 Å². The van der Waals surface area contributed by atoms with Gasteiger partial charge in [-0.25, -0.2) is 0 Å². The van der Waals surface area contributed by atoms with E-state index < -0.39 is 0 Å². The van der Waals surface area contributed by atoms with E-state index in [4.69, 9.17) is 4.74 Å². The number of carbonyl (C=O) groups is 1. The molecule has 0 unspecified atom stereocenters. The summed E-state index contributed by atoms with van der Waals surface area (Å²) in [5.74, 6) is 0.922. The summed E-state index contributed by atoms with van der Waals surface area (Å²) in [5.41, 5.74) is 0. The van der Waals surface area contributed by atoms with Gasteiger partial charge in [0.05, 0.1) is 6.61 Å². The van der Waals surface area contributed by atoms with Crippen molar-refractivity contribution in [2.75, 3.05) is 6.61 Å². The van der Waals surface area contributed by atoms with Crippen molar-refractivity contribution in [3.05, 3.63) is 12.2 Å². The van der Waals surface area contributed by atoms with Gasteiger partial charge in [0.1, 0.15) is 0 Å². The Kier molecular flexibility index (Phi) is 58.6. The minimum atomic E-state index is 0.0319. The Labute approximate surface area is 412 Å². The van der Waals surface area contributed by atoms with Crippen LogP contribution in [-0.2, 0) is 9.53 Å². The van der Waals surface area contributed by atoms with Gasteiger partial charge in [0.2, 0.25) is 0 Å². The number of hydrogen-bond donors (Lipinski definition) is 0. The zero-order valence-electron chi connectivity index (χ0n) is 45.6. The highest BCUT2D eigenvalue weighted by molar-refractivity contribution is 5.69. The van der Waals surface area contributed by atoms with E-state index in [0.29, 0.717) is 13.0 Å². The maximum Gasteiger partial charge on any atom is 0.305 e. The van der Waals surface area contributed by atoms with Crippen molar-refractivity contribution < 1.29 is 9.53 Å². The van der Waals surface area contributed by atoms with E-state index in [2.05, 4.69) is 32.9 Å².